The average Bonchev–Trinajstić information content (AvgIpc) is 3.12. The molecule has 0 saturated heterocycles. The fourth-order valence-electron chi connectivity index (χ4n) is 5.03. The van der Waals surface area contributed by atoms with Crippen LogP contribution in [0.4, 0.5) is 0 Å². The summed E-state index contributed by atoms with van der Waals surface area (Å²) in [6.07, 6.45) is -5.28. The first-order chi connectivity index (χ1) is 27.4. The van der Waals surface area contributed by atoms with Crippen LogP contribution in [-0.2, 0) is 57.5 Å². The van der Waals surface area contributed by atoms with Crippen LogP contribution >= 0.6 is 0 Å². The number of rotatable bonds is 30. The second-order valence-corrected chi connectivity index (χ2v) is 13.7. The number of nitrogens with two attached hydrogens (primary N) is 4. The maximum Gasteiger partial charge on any atom is 0.326 e. The molecule has 0 rings (SSSR count). The highest BCUT2D eigenvalue weighted by Crippen LogP contribution is 2.09. The zero-order valence-corrected chi connectivity index (χ0v) is 32.4. The van der Waals surface area contributed by atoms with E-state index in [2.05, 4.69) is 21.3 Å². The van der Waals surface area contributed by atoms with E-state index >= 15 is 0 Å². The Morgan fingerprint density at radius 3 is 1.05 bits per heavy atom. The van der Waals surface area contributed by atoms with E-state index in [4.69, 9.17) is 28.0 Å². The molecule has 0 spiro atoms. The van der Waals surface area contributed by atoms with Crippen molar-refractivity contribution >= 4 is 71.1 Å². The number of hydrogen-bond donors (Lipinski definition) is 14. The quantitative estimate of drug-likeness (QED) is 0.0320. The van der Waals surface area contributed by atoms with E-state index in [0.29, 0.717) is 0 Å². The van der Waals surface area contributed by atoms with Crippen LogP contribution in [0.25, 0.3) is 0 Å². The highest BCUT2D eigenvalue weighted by atomic mass is 16.4. The molecule has 7 unspecified atom stereocenters. The van der Waals surface area contributed by atoms with Gasteiger partial charge in [-0.15, -0.1) is 0 Å². The first-order valence-corrected chi connectivity index (χ1v) is 18.1. The van der Waals surface area contributed by atoms with Gasteiger partial charge in [0.2, 0.25) is 53.2 Å². The van der Waals surface area contributed by atoms with Gasteiger partial charge >= 0.3 is 17.9 Å². The lowest BCUT2D eigenvalue weighted by atomic mass is 10.0. The number of nitrogens with one attached hydrogen (secondary N) is 6. The van der Waals surface area contributed by atoms with Crippen LogP contribution in [0.15, 0.2) is 0 Å². The summed E-state index contributed by atoms with van der Waals surface area (Å²) in [6, 6.07) is -11.8. The third kappa shape index (κ3) is 22.2. The molecule has 0 radical (unpaired) electrons. The van der Waals surface area contributed by atoms with Crippen LogP contribution in [-0.4, -0.2) is 140 Å². The second kappa shape index (κ2) is 26.5. The number of aliphatic carboxylic acids is 3. The topological polar surface area (TPSA) is 462 Å². The van der Waals surface area contributed by atoms with Gasteiger partial charge in [0, 0.05) is 25.7 Å². The Labute approximate surface area is 336 Å². The molecule has 0 aromatic heterocycles. The van der Waals surface area contributed by atoms with Crippen molar-refractivity contribution < 1.29 is 78.0 Å². The van der Waals surface area contributed by atoms with Crippen LogP contribution in [0.5, 0.6) is 0 Å². The third-order valence-corrected chi connectivity index (χ3v) is 8.09. The van der Waals surface area contributed by atoms with Gasteiger partial charge in [-0.2, -0.15) is 0 Å². The van der Waals surface area contributed by atoms with E-state index < -0.39 is 171 Å². The molecule has 0 aliphatic heterocycles. The fourth-order valence-corrected chi connectivity index (χ4v) is 5.03. The Morgan fingerprint density at radius 2 is 0.763 bits per heavy atom. The van der Waals surface area contributed by atoms with Crippen LogP contribution in [0.1, 0.15) is 78.1 Å². The molecule has 0 heterocycles. The standard InChI is InChI=1S/C33H54N10O16/c1-14(2)11-15(34)27(52)38-16(3-7-22(35)45)28(53)41-19(6-10-25(48)49)30(55)39-17(4-8-23(36)46)29(54)40-18(5-9-24(37)47)31(56)43-21(13-44)32(57)42-20(33(58)59)12-26(50)51/h14-21,44H,3-13,34H2,1-2H3,(H2,35,45)(H2,36,46)(H2,37,47)(H,38,52)(H,39,55)(H,40,54)(H,41,53)(H,42,57)(H,43,56)(H,48,49)(H,50,51)(H,58,59). The predicted molar refractivity (Wildman–Crippen MR) is 198 cm³/mol. The molecule has 0 aromatic rings. The van der Waals surface area contributed by atoms with E-state index in [1.54, 1.807) is 13.8 Å². The summed E-state index contributed by atoms with van der Waals surface area (Å²) in [6.45, 7) is 2.39. The molecule has 332 valence electrons. The minimum absolute atomic E-state index is 0.0281. The largest absolute Gasteiger partial charge is 0.481 e. The van der Waals surface area contributed by atoms with Crippen molar-refractivity contribution in [2.24, 2.45) is 28.9 Å². The Hall–Kier alpha value is -6.44. The lowest BCUT2D eigenvalue weighted by Gasteiger charge is -2.27. The van der Waals surface area contributed by atoms with Crippen molar-refractivity contribution in [3.05, 3.63) is 0 Å². The zero-order valence-electron chi connectivity index (χ0n) is 32.4. The van der Waals surface area contributed by atoms with E-state index in [1.807, 2.05) is 10.6 Å². The van der Waals surface area contributed by atoms with Gasteiger partial charge in [-0.3, -0.25) is 52.7 Å². The first kappa shape index (κ1) is 52.6. The number of carbonyl (C=O) groups excluding carboxylic acids is 9. The van der Waals surface area contributed by atoms with Gasteiger partial charge in [-0.25, -0.2) is 4.79 Å². The Kier molecular flexibility index (Phi) is 23.6. The maximum absolute atomic E-state index is 13.6. The van der Waals surface area contributed by atoms with Gasteiger partial charge in [0.1, 0.15) is 36.3 Å². The molecule has 7 atom stereocenters. The summed E-state index contributed by atoms with van der Waals surface area (Å²) in [5.41, 5.74) is 21.5. The summed E-state index contributed by atoms with van der Waals surface area (Å²) < 4.78 is 0. The molecule has 0 aromatic carbocycles. The van der Waals surface area contributed by atoms with Gasteiger partial charge in [-0.1, -0.05) is 13.8 Å². The number of primary amides is 3. The molecule has 0 saturated carbocycles. The monoisotopic (exact) mass is 846 g/mol. The number of aliphatic hydroxyl groups is 1. The van der Waals surface area contributed by atoms with Crippen molar-refractivity contribution in [3.63, 3.8) is 0 Å². The van der Waals surface area contributed by atoms with Crippen LogP contribution in [0, 0.1) is 5.92 Å². The second-order valence-electron chi connectivity index (χ2n) is 13.7. The van der Waals surface area contributed by atoms with Crippen molar-refractivity contribution in [2.45, 2.75) is 120 Å². The predicted octanol–water partition coefficient (Wildman–Crippen LogP) is -6.52. The first-order valence-electron chi connectivity index (χ1n) is 18.1. The molecular formula is C33H54N10O16. The molecule has 26 nitrogen and oxygen atoms in total. The van der Waals surface area contributed by atoms with Gasteiger partial charge in [-0.05, 0) is 38.0 Å². The number of aliphatic hydroxyl groups excluding tert-OH is 1. The number of carboxylic acids is 3. The van der Waals surface area contributed by atoms with Gasteiger partial charge in [0.25, 0.3) is 0 Å². The molecule has 0 fully saturated rings. The lowest BCUT2D eigenvalue weighted by molar-refractivity contribution is -0.147. The minimum Gasteiger partial charge on any atom is -0.481 e. The van der Waals surface area contributed by atoms with Crippen LogP contribution in [0.2, 0.25) is 0 Å². The number of hydrogen-bond acceptors (Lipinski definition) is 14. The molecule has 0 bridgehead atoms. The summed E-state index contributed by atoms with van der Waals surface area (Å²) in [4.78, 5) is 148. The minimum atomic E-state index is -1.98. The van der Waals surface area contributed by atoms with E-state index in [9.17, 15) is 72.9 Å². The van der Waals surface area contributed by atoms with Crippen molar-refractivity contribution in [1.82, 2.24) is 31.9 Å². The van der Waals surface area contributed by atoms with E-state index in [1.165, 1.54) is 0 Å². The smallest absolute Gasteiger partial charge is 0.326 e. The van der Waals surface area contributed by atoms with E-state index in [-0.39, 0.29) is 18.8 Å². The SMILES string of the molecule is CC(C)CC(N)C(=O)NC(CCC(N)=O)C(=O)NC(CCC(=O)O)C(=O)NC(CCC(N)=O)C(=O)NC(CCC(N)=O)C(=O)NC(CO)C(=O)NC(CC(=O)O)C(=O)O. The molecule has 26 heteroatoms. The molecule has 0 aliphatic carbocycles. The lowest BCUT2D eigenvalue weighted by Crippen LogP contribution is -2.60. The summed E-state index contributed by atoms with van der Waals surface area (Å²) >= 11 is 0. The fraction of sp³-hybridized carbons (Fsp3) is 0.636. The van der Waals surface area contributed by atoms with Gasteiger partial charge in [0.05, 0.1) is 19.1 Å². The number of carboxylic acid groups (broad SMARTS) is 3. The number of amides is 9. The summed E-state index contributed by atoms with van der Waals surface area (Å²) in [5.74, 6) is -14.6. The normalized spacial score (nSPS) is 14.4. The van der Waals surface area contributed by atoms with Crippen LogP contribution < -0.4 is 54.8 Å². The number of carbonyl (C=O) groups is 12. The zero-order chi connectivity index (χ0) is 45.6. The molecule has 18 N–H and O–H groups in total. The third-order valence-electron chi connectivity index (χ3n) is 8.09. The van der Waals surface area contributed by atoms with E-state index in [0.717, 1.165) is 0 Å². The molecule has 59 heavy (non-hydrogen) atoms. The van der Waals surface area contributed by atoms with Gasteiger partial charge in [0.15, 0.2) is 0 Å². The van der Waals surface area contributed by atoms with Gasteiger partial charge < -0.3 is 75.3 Å². The Morgan fingerprint density at radius 1 is 0.458 bits per heavy atom. The van der Waals surface area contributed by atoms with Crippen molar-refractivity contribution in [1.29, 1.82) is 0 Å². The average molecular weight is 847 g/mol. The molecule has 9 amide bonds. The highest BCUT2D eigenvalue weighted by Gasteiger charge is 2.34. The Balaban J connectivity index is 6.50. The summed E-state index contributed by atoms with van der Waals surface area (Å²) in [7, 11) is 0. The highest BCUT2D eigenvalue weighted by molar-refractivity contribution is 5.98. The maximum atomic E-state index is 13.6. The Bertz CT molecular complexity index is 1570. The van der Waals surface area contributed by atoms with Crippen LogP contribution in [0.3, 0.4) is 0 Å². The molecular weight excluding hydrogens is 792 g/mol. The molecule has 0 aliphatic rings. The summed E-state index contributed by atoms with van der Waals surface area (Å²) in [5, 5.41) is 50.1. The van der Waals surface area contributed by atoms with Crippen molar-refractivity contribution in [2.75, 3.05) is 6.61 Å². The van der Waals surface area contributed by atoms with Crippen molar-refractivity contribution in [3.8, 4) is 0 Å².